The van der Waals surface area contributed by atoms with Gasteiger partial charge < -0.3 is 10.3 Å². The number of rotatable bonds is 2. The lowest BCUT2D eigenvalue weighted by atomic mass is 10.1. The minimum atomic E-state index is -1.05. The smallest absolute Gasteiger partial charge is 0.255 e. The molecule has 0 atom stereocenters. The second kappa shape index (κ2) is 4.73. The van der Waals surface area contributed by atoms with Gasteiger partial charge in [0.25, 0.3) is 5.91 Å². The molecule has 2 heterocycles. The van der Waals surface area contributed by atoms with Gasteiger partial charge in [0, 0.05) is 22.7 Å². The number of nitrogens with zero attached hydrogens (tertiary/aromatic N) is 1. The monoisotopic (exact) mass is 273 g/mol. The zero-order valence-corrected chi connectivity index (χ0v) is 10.2. The Morgan fingerprint density at radius 3 is 2.80 bits per heavy atom. The fraction of sp³-hybridized carbons (Fsp3) is 0. The third kappa shape index (κ3) is 2.23. The summed E-state index contributed by atoms with van der Waals surface area (Å²) in [5.41, 5.74) is 1.11. The summed E-state index contributed by atoms with van der Waals surface area (Å²) in [6, 6.07) is 8.98. The van der Waals surface area contributed by atoms with Crippen LogP contribution in [-0.2, 0) is 0 Å². The Morgan fingerprint density at radius 1 is 1.15 bits per heavy atom. The maximum absolute atomic E-state index is 13.4. The third-order valence-corrected chi connectivity index (χ3v) is 2.88. The van der Waals surface area contributed by atoms with Crippen LogP contribution in [0.4, 0.5) is 14.5 Å². The van der Waals surface area contributed by atoms with Gasteiger partial charge in [-0.1, -0.05) is 0 Å². The topological polar surface area (TPSA) is 57.8 Å². The van der Waals surface area contributed by atoms with E-state index < -0.39 is 17.8 Å². The lowest BCUT2D eigenvalue weighted by Crippen LogP contribution is -2.13. The van der Waals surface area contributed by atoms with Crippen LogP contribution >= 0.6 is 0 Å². The zero-order valence-electron chi connectivity index (χ0n) is 10.2. The van der Waals surface area contributed by atoms with Gasteiger partial charge in [0.05, 0.1) is 5.69 Å². The molecule has 0 fully saturated rings. The highest BCUT2D eigenvalue weighted by atomic mass is 19.1. The number of aromatic amines is 1. The van der Waals surface area contributed by atoms with Crippen LogP contribution in [-0.4, -0.2) is 15.9 Å². The van der Waals surface area contributed by atoms with E-state index in [0.29, 0.717) is 5.56 Å². The summed E-state index contributed by atoms with van der Waals surface area (Å²) < 4.78 is 26.0. The van der Waals surface area contributed by atoms with Gasteiger partial charge in [0.1, 0.15) is 0 Å². The molecule has 0 aliphatic carbocycles. The van der Waals surface area contributed by atoms with Gasteiger partial charge in [-0.25, -0.2) is 0 Å². The molecule has 0 aliphatic heterocycles. The van der Waals surface area contributed by atoms with Crippen LogP contribution in [0.2, 0.25) is 0 Å². The van der Waals surface area contributed by atoms with Crippen molar-refractivity contribution < 1.29 is 13.6 Å². The Labute approximate surface area is 112 Å². The number of halogens is 2. The van der Waals surface area contributed by atoms with Gasteiger partial charge in [0.15, 0.2) is 0 Å². The summed E-state index contributed by atoms with van der Waals surface area (Å²) in [5.74, 6) is -2.48. The average molecular weight is 273 g/mol. The number of aromatic nitrogens is 2. The standard InChI is InChI=1S/C14H9F2N3O/c15-12-4-3-11(13(16)19-12)18-14(20)9-1-2-10-8(7-9)5-6-17-10/h1-7,17H,(H,18,20). The van der Waals surface area contributed by atoms with Crippen molar-refractivity contribution in [3.8, 4) is 0 Å². The summed E-state index contributed by atoms with van der Waals surface area (Å²) in [7, 11) is 0. The first-order valence-corrected chi connectivity index (χ1v) is 5.84. The molecule has 0 aliphatic rings. The molecule has 0 saturated carbocycles. The van der Waals surface area contributed by atoms with Crippen molar-refractivity contribution in [1.82, 2.24) is 9.97 Å². The van der Waals surface area contributed by atoms with Crippen molar-refractivity contribution in [2.45, 2.75) is 0 Å². The van der Waals surface area contributed by atoms with E-state index in [1.54, 1.807) is 24.4 Å². The lowest BCUT2D eigenvalue weighted by Gasteiger charge is -2.06. The zero-order chi connectivity index (χ0) is 14.1. The Balaban J connectivity index is 1.88. The van der Waals surface area contributed by atoms with E-state index in [2.05, 4.69) is 15.3 Å². The normalized spacial score (nSPS) is 10.7. The van der Waals surface area contributed by atoms with Crippen LogP contribution in [0.1, 0.15) is 10.4 Å². The minimum absolute atomic E-state index is 0.162. The number of H-pyrrole nitrogens is 1. The number of amides is 1. The van der Waals surface area contributed by atoms with Gasteiger partial charge in [-0.3, -0.25) is 4.79 Å². The highest BCUT2D eigenvalue weighted by molar-refractivity contribution is 6.06. The molecule has 20 heavy (non-hydrogen) atoms. The third-order valence-electron chi connectivity index (χ3n) is 2.88. The number of benzene rings is 1. The lowest BCUT2D eigenvalue weighted by molar-refractivity contribution is 0.102. The first kappa shape index (κ1) is 12.3. The molecular formula is C14H9F2N3O. The van der Waals surface area contributed by atoms with Crippen molar-refractivity contribution in [2.75, 3.05) is 5.32 Å². The number of nitrogens with one attached hydrogen (secondary N) is 2. The summed E-state index contributed by atoms with van der Waals surface area (Å²) in [4.78, 5) is 18.0. The van der Waals surface area contributed by atoms with Gasteiger partial charge in [0.2, 0.25) is 11.9 Å². The number of hydrogen-bond acceptors (Lipinski definition) is 2. The van der Waals surface area contributed by atoms with Crippen molar-refractivity contribution in [3.05, 3.63) is 60.1 Å². The van der Waals surface area contributed by atoms with Crippen molar-refractivity contribution >= 4 is 22.5 Å². The van der Waals surface area contributed by atoms with Crippen LogP contribution in [0.15, 0.2) is 42.6 Å². The van der Waals surface area contributed by atoms with Crippen LogP contribution in [0.5, 0.6) is 0 Å². The quantitative estimate of drug-likeness (QED) is 0.705. The number of pyridine rings is 1. The molecule has 0 bridgehead atoms. The molecule has 2 N–H and O–H groups in total. The molecular weight excluding hydrogens is 264 g/mol. The van der Waals surface area contributed by atoms with E-state index in [-0.39, 0.29) is 5.69 Å². The highest BCUT2D eigenvalue weighted by Gasteiger charge is 2.11. The van der Waals surface area contributed by atoms with Gasteiger partial charge in [-0.05, 0) is 36.4 Å². The number of fused-ring (bicyclic) bond motifs is 1. The Kier molecular flexibility index (Phi) is 2.90. The molecule has 0 unspecified atom stereocenters. The van der Waals surface area contributed by atoms with E-state index in [1.165, 1.54) is 0 Å². The molecule has 0 radical (unpaired) electrons. The summed E-state index contributed by atoms with van der Waals surface area (Å²) in [6.07, 6.45) is 1.76. The second-order valence-electron chi connectivity index (χ2n) is 4.21. The predicted molar refractivity (Wildman–Crippen MR) is 70.4 cm³/mol. The summed E-state index contributed by atoms with van der Waals surface area (Å²) in [5, 5.41) is 3.23. The Morgan fingerprint density at radius 2 is 2.00 bits per heavy atom. The molecule has 1 aromatic carbocycles. The van der Waals surface area contributed by atoms with E-state index in [4.69, 9.17) is 0 Å². The molecule has 2 aromatic heterocycles. The SMILES string of the molecule is O=C(Nc1ccc(F)nc1F)c1ccc2[nH]ccc2c1. The van der Waals surface area contributed by atoms with Crippen molar-refractivity contribution in [3.63, 3.8) is 0 Å². The van der Waals surface area contributed by atoms with Crippen LogP contribution in [0.25, 0.3) is 10.9 Å². The maximum Gasteiger partial charge on any atom is 0.255 e. The average Bonchev–Trinajstić information content (AvgIpc) is 2.89. The van der Waals surface area contributed by atoms with Crippen LogP contribution in [0, 0.1) is 11.9 Å². The molecule has 1 amide bonds. The van der Waals surface area contributed by atoms with Crippen LogP contribution in [0.3, 0.4) is 0 Å². The molecule has 3 aromatic rings. The predicted octanol–water partition coefficient (Wildman–Crippen LogP) is 3.09. The molecule has 6 heteroatoms. The fourth-order valence-corrected chi connectivity index (χ4v) is 1.89. The summed E-state index contributed by atoms with van der Waals surface area (Å²) in [6.45, 7) is 0. The number of hydrogen-bond donors (Lipinski definition) is 2. The van der Waals surface area contributed by atoms with Gasteiger partial charge in [-0.2, -0.15) is 13.8 Å². The van der Waals surface area contributed by atoms with Crippen molar-refractivity contribution in [1.29, 1.82) is 0 Å². The largest absolute Gasteiger partial charge is 0.361 e. The molecule has 100 valence electrons. The van der Waals surface area contributed by atoms with Gasteiger partial charge >= 0.3 is 0 Å². The molecule has 0 spiro atoms. The summed E-state index contributed by atoms with van der Waals surface area (Å²) >= 11 is 0. The number of anilines is 1. The molecule has 3 rings (SSSR count). The van der Waals surface area contributed by atoms with E-state index >= 15 is 0 Å². The maximum atomic E-state index is 13.4. The van der Waals surface area contributed by atoms with E-state index in [0.717, 1.165) is 23.0 Å². The first-order chi connectivity index (χ1) is 9.63. The fourth-order valence-electron chi connectivity index (χ4n) is 1.89. The number of carbonyl (C=O) groups excluding carboxylic acids is 1. The Bertz CT molecular complexity index is 798. The van der Waals surface area contributed by atoms with E-state index in [9.17, 15) is 13.6 Å². The molecule has 4 nitrogen and oxygen atoms in total. The van der Waals surface area contributed by atoms with Crippen LogP contribution < -0.4 is 5.32 Å². The van der Waals surface area contributed by atoms with Gasteiger partial charge in [-0.15, -0.1) is 0 Å². The van der Waals surface area contributed by atoms with E-state index in [1.807, 2.05) is 6.07 Å². The highest BCUT2D eigenvalue weighted by Crippen LogP contribution is 2.17. The minimum Gasteiger partial charge on any atom is -0.361 e. The molecule has 0 saturated heterocycles. The first-order valence-electron chi connectivity index (χ1n) is 5.84. The second-order valence-corrected chi connectivity index (χ2v) is 4.21. The number of carbonyl (C=O) groups is 1. The Hall–Kier alpha value is -2.76. The van der Waals surface area contributed by atoms with Crippen molar-refractivity contribution in [2.24, 2.45) is 0 Å².